The smallest absolute Gasteiger partial charge is 0.0423 e. The van der Waals surface area contributed by atoms with Gasteiger partial charge in [-0.15, -0.1) is 11.6 Å². The predicted molar refractivity (Wildman–Crippen MR) is 38.3 cm³/mol. The highest BCUT2D eigenvalue weighted by Gasteiger charge is 1.95. The number of hydrogen-bond acceptors (Lipinski definition) is 1. The highest BCUT2D eigenvalue weighted by Crippen LogP contribution is 2.06. The average molecular weight is 139 g/mol. The normalized spacial score (nSPS) is 14.1. The van der Waals surface area contributed by atoms with Crippen molar-refractivity contribution in [3.8, 4) is 0 Å². The first kappa shape index (κ1) is 7.64. The largest absolute Gasteiger partial charge is 0.164 e. The number of rotatable bonds is 3. The van der Waals surface area contributed by atoms with Crippen molar-refractivity contribution in [2.45, 2.75) is 18.7 Å². The molecule has 7 heavy (non-hydrogen) atoms. The van der Waals surface area contributed by atoms with Crippen LogP contribution in [0.25, 0.3) is 0 Å². The Kier molecular flexibility index (Phi) is 5.23. The third-order valence-electron chi connectivity index (χ3n) is 0.790. The Morgan fingerprint density at radius 1 is 1.71 bits per heavy atom. The van der Waals surface area contributed by atoms with E-state index in [9.17, 15) is 0 Å². The zero-order chi connectivity index (χ0) is 5.70. The fourth-order valence-electron chi connectivity index (χ4n) is 0.299. The van der Waals surface area contributed by atoms with Crippen LogP contribution in [0.2, 0.25) is 0 Å². The van der Waals surface area contributed by atoms with E-state index in [4.69, 9.17) is 11.6 Å². The van der Waals surface area contributed by atoms with Gasteiger partial charge in [-0.05, 0) is 12.7 Å². The van der Waals surface area contributed by atoms with Crippen molar-refractivity contribution in [1.82, 2.24) is 0 Å². The Bertz CT molecular complexity index is 39.1. The summed E-state index contributed by atoms with van der Waals surface area (Å²) in [5.74, 6) is 1.08. The summed E-state index contributed by atoms with van der Waals surface area (Å²) in [6, 6.07) is 0. The van der Waals surface area contributed by atoms with E-state index < -0.39 is 0 Å². The fraction of sp³-hybridized carbons (Fsp3) is 1.00. The Morgan fingerprint density at radius 2 is 2.29 bits per heavy atom. The summed E-state index contributed by atoms with van der Waals surface area (Å²) in [6.07, 6.45) is 3.16. The van der Waals surface area contributed by atoms with Gasteiger partial charge >= 0.3 is 0 Å². The summed E-state index contributed by atoms with van der Waals surface area (Å²) in [4.78, 5) is 0. The van der Waals surface area contributed by atoms with Crippen LogP contribution in [-0.2, 0) is 0 Å². The SMILES string of the molecule is CCC(Cl)CSC. The van der Waals surface area contributed by atoms with Crippen LogP contribution in [0.5, 0.6) is 0 Å². The van der Waals surface area contributed by atoms with Gasteiger partial charge < -0.3 is 0 Å². The molecule has 0 aliphatic rings. The molecular formula is C5H11ClS. The number of hydrogen-bond donors (Lipinski definition) is 0. The maximum Gasteiger partial charge on any atom is 0.0423 e. The molecule has 1 atom stereocenters. The lowest BCUT2D eigenvalue weighted by Crippen LogP contribution is -1.97. The summed E-state index contributed by atoms with van der Waals surface area (Å²) in [7, 11) is 0. The van der Waals surface area contributed by atoms with E-state index >= 15 is 0 Å². The van der Waals surface area contributed by atoms with Crippen molar-refractivity contribution >= 4 is 23.4 Å². The highest BCUT2D eigenvalue weighted by molar-refractivity contribution is 7.98. The molecule has 0 radical (unpaired) electrons. The van der Waals surface area contributed by atoms with Crippen molar-refractivity contribution < 1.29 is 0 Å². The van der Waals surface area contributed by atoms with Gasteiger partial charge in [-0.25, -0.2) is 0 Å². The second-order valence-corrected chi connectivity index (χ2v) is 2.99. The van der Waals surface area contributed by atoms with Gasteiger partial charge in [0.25, 0.3) is 0 Å². The standard InChI is InChI=1S/C5H11ClS/c1-3-5(6)4-7-2/h5H,3-4H2,1-2H3. The minimum absolute atomic E-state index is 0.384. The van der Waals surface area contributed by atoms with Crippen LogP contribution in [0.4, 0.5) is 0 Å². The molecule has 0 aliphatic carbocycles. The van der Waals surface area contributed by atoms with E-state index in [1.54, 1.807) is 11.8 Å². The quantitative estimate of drug-likeness (QED) is 0.540. The fourth-order valence-corrected chi connectivity index (χ4v) is 1.27. The molecule has 0 amide bonds. The first-order valence-corrected chi connectivity index (χ1v) is 4.27. The van der Waals surface area contributed by atoms with Crippen LogP contribution < -0.4 is 0 Å². The Hall–Kier alpha value is 0.640. The summed E-state index contributed by atoms with van der Waals surface area (Å²) in [5, 5.41) is 0.384. The van der Waals surface area contributed by atoms with Crippen LogP contribution >= 0.6 is 23.4 Å². The van der Waals surface area contributed by atoms with Crippen molar-refractivity contribution in [3.63, 3.8) is 0 Å². The van der Waals surface area contributed by atoms with Gasteiger partial charge in [0, 0.05) is 11.1 Å². The van der Waals surface area contributed by atoms with Gasteiger partial charge in [0.05, 0.1) is 0 Å². The molecule has 0 nitrogen and oxygen atoms in total. The molecule has 1 unspecified atom stereocenters. The topological polar surface area (TPSA) is 0 Å². The molecule has 0 bridgehead atoms. The molecule has 0 N–H and O–H groups in total. The zero-order valence-corrected chi connectivity index (χ0v) is 6.35. The van der Waals surface area contributed by atoms with Crippen LogP contribution in [0, 0.1) is 0 Å². The van der Waals surface area contributed by atoms with Crippen LogP contribution in [0.1, 0.15) is 13.3 Å². The van der Waals surface area contributed by atoms with E-state index in [2.05, 4.69) is 13.2 Å². The van der Waals surface area contributed by atoms with Gasteiger partial charge in [0.1, 0.15) is 0 Å². The maximum atomic E-state index is 5.74. The Balaban J connectivity index is 2.83. The minimum atomic E-state index is 0.384. The molecule has 0 saturated carbocycles. The van der Waals surface area contributed by atoms with E-state index in [0.717, 1.165) is 12.2 Å². The summed E-state index contributed by atoms with van der Waals surface area (Å²) < 4.78 is 0. The molecule has 0 aromatic carbocycles. The zero-order valence-electron chi connectivity index (χ0n) is 4.78. The third-order valence-corrected chi connectivity index (χ3v) is 2.17. The monoisotopic (exact) mass is 138 g/mol. The van der Waals surface area contributed by atoms with Crippen LogP contribution in [0.15, 0.2) is 0 Å². The van der Waals surface area contributed by atoms with Gasteiger partial charge in [0.15, 0.2) is 0 Å². The lowest BCUT2D eigenvalue weighted by Gasteiger charge is -1.99. The van der Waals surface area contributed by atoms with Crippen LogP contribution in [0.3, 0.4) is 0 Å². The number of thioether (sulfide) groups is 1. The lowest BCUT2D eigenvalue weighted by atomic mass is 10.4. The average Bonchev–Trinajstić information content (AvgIpc) is 1.68. The van der Waals surface area contributed by atoms with Crippen molar-refractivity contribution in [3.05, 3.63) is 0 Å². The summed E-state index contributed by atoms with van der Waals surface area (Å²) in [6.45, 7) is 2.11. The van der Waals surface area contributed by atoms with Gasteiger partial charge in [-0.3, -0.25) is 0 Å². The number of halogens is 1. The van der Waals surface area contributed by atoms with Gasteiger partial charge in [-0.2, -0.15) is 11.8 Å². The molecule has 0 aromatic heterocycles. The molecular weight excluding hydrogens is 128 g/mol. The predicted octanol–water partition coefficient (Wildman–Crippen LogP) is 2.37. The van der Waals surface area contributed by atoms with Gasteiger partial charge in [-0.1, -0.05) is 6.92 Å². The summed E-state index contributed by atoms with van der Waals surface area (Å²) >= 11 is 7.55. The Labute approximate surface area is 54.6 Å². The van der Waals surface area contributed by atoms with E-state index in [1.165, 1.54) is 0 Å². The first-order chi connectivity index (χ1) is 3.31. The molecule has 0 rings (SSSR count). The summed E-state index contributed by atoms with van der Waals surface area (Å²) in [5.41, 5.74) is 0. The van der Waals surface area contributed by atoms with Gasteiger partial charge in [0.2, 0.25) is 0 Å². The molecule has 0 saturated heterocycles. The third kappa shape index (κ3) is 4.49. The molecule has 0 aliphatic heterocycles. The van der Waals surface area contributed by atoms with E-state index in [-0.39, 0.29) is 0 Å². The second-order valence-electron chi connectivity index (χ2n) is 1.46. The van der Waals surface area contributed by atoms with E-state index in [1.807, 2.05) is 0 Å². The highest BCUT2D eigenvalue weighted by atomic mass is 35.5. The second kappa shape index (κ2) is 4.79. The number of alkyl halides is 1. The molecule has 0 spiro atoms. The minimum Gasteiger partial charge on any atom is -0.164 e. The first-order valence-electron chi connectivity index (χ1n) is 2.44. The van der Waals surface area contributed by atoms with Crippen LogP contribution in [-0.4, -0.2) is 17.4 Å². The van der Waals surface area contributed by atoms with E-state index in [0.29, 0.717) is 5.38 Å². The lowest BCUT2D eigenvalue weighted by molar-refractivity contribution is 0.906. The van der Waals surface area contributed by atoms with Crippen molar-refractivity contribution in [2.75, 3.05) is 12.0 Å². The van der Waals surface area contributed by atoms with Crippen molar-refractivity contribution in [1.29, 1.82) is 0 Å². The van der Waals surface area contributed by atoms with Crippen molar-refractivity contribution in [2.24, 2.45) is 0 Å². The molecule has 2 heteroatoms. The maximum absolute atomic E-state index is 5.74. The molecule has 0 aromatic rings. The molecule has 0 fully saturated rings. The molecule has 44 valence electrons. The molecule has 0 heterocycles. The Morgan fingerprint density at radius 3 is 2.43 bits per heavy atom.